The third-order valence-corrected chi connectivity index (χ3v) is 10.4. The van der Waals surface area contributed by atoms with Crippen molar-refractivity contribution in [1.82, 2.24) is 0 Å². The van der Waals surface area contributed by atoms with Crippen molar-refractivity contribution in [1.29, 1.82) is 0 Å². The highest BCUT2D eigenvalue weighted by Gasteiger charge is 2.43. The van der Waals surface area contributed by atoms with E-state index >= 15 is 0 Å². The zero-order valence-corrected chi connectivity index (χ0v) is 20.3. The summed E-state index contributed by atoms with van der Waals surface area (Å²) in [6.45, 7) is 17.2. The molecule has 1 aliphatic heterocycles. The molecule has 0 saturated heterocycles. The molecule has 0 spiro atoms. The molecule has 0 N–H and O–H groups in total. The van der Waals surface area contributed by atoms with Gasteiger partial charge in [0, 0.05) is 17.7 Å². The molecule has 0 amide bonds. The summed E-state index contributed by atoms with van der Waals surface area (Å²) in [7, 11) is 0.0235. The summed E-state index contributed by atoms with van der Waals surface area (Å²) < 4.78 is 2.24. The van der Waals surface area contributed by atoms with Crippen LogP contribution in [0.25, 0.3) is 38.4 Å². The predicted molar refractivity (Wildman–Crippen MR) is 136 cm³/mol. The van der Waals surface area contributed by atoms with Crippen molar-refractivity contribution in [2.45, 2.75) is 26.9 Å². The number of benzene rings is 3. The van der Waals surface area contributed by atoms with E-state index in [2.05, 4.69) is 104 Å². The number of rotatable bonds is 2. The summed E-state index contributed by atoms with van der Waals surface area (Å²) >= 11 is 0. The van der Waals surface area contributed by atoms with Crippen LogP contribution in [0.1, 0.15) is 11.1 Å². The molecule has 1 aliphatic rings. The van der Waals surface area contributed by atoms with Crippen LogP contribution in [0.3, 0.4) is 0 Å². The molecular weight excluding hydrogens is 404 g/mol. The molecule has 4 aromatic rings. The molecule has 156 valence electrons. The van der Waals surface area contributed by atoms with E-state index in [-0.39, 0.29) is 0 Å². The van der Waals surface area contributed by atoms with Gasteiger partial charge in [-0.05, 0) is 57.6 Å². The van der Waals surface area contributed by atoms with Crippen LogP contribution in [0.5, 0.6) is 0 Å². The van der Waals surface area contributed by atoms with Crippen molar-refractivity contribution in [2.75, 3.05) is 0 Å². The minimum absolute atomic E-state index is 0.753. The maximum absolute atomic E-state index is 7.89. The highest BCUT2D eigenvalue weighted by molar-refractivity contribution is 7.05. The first-order valence-corrected chi connectivity index (χ1v) is 14.1. The number of fused-ring (bicyclic) bond motifs is 3. The molecule has 1 aromatic heterocycles. The van der Waals surface area contributed by atoms with E-state index in [1.807, 2.05) is 12.1 Å². The van der Waals surface area contributed by atoms with Crippen LogP contribution in [0, 0.1) is 20.4 Å². The van der Waals surface area contributed by atoms with Gasteiger partial charge in [-0.1, -0.05) is 67.7 Å². The molecule has 0 atom stereocenters. The van der Waals surface area contributed by atoms with E-state index in [1.54, 1.807) is 0 Å². The van der Waals surface area contributed by atoms with Gasteiger partial charge in [-0.3, -0.25) is 0 Å². The molecule has 2 nitrogen and oxygen atoms in total. The predicted octanol–water partition coefficient (Wildman–Crippen LogP) is 5.82. The van der Waals surface area contributed by atoms with Crippen molar-refractivity contribution < 1.29 is 4.57 Å². The first-order valence-electron chi connectivity index (χ1n) is 11.1. The fourth-order valence-corrected chi connectivity index (χ4v) is 9.30. The fraction of sp³-hybridized carbons (Fsp3) is 0.172. The summed E-state index contributed by atoms with van der Waals surface area (Å²) in [5, 5.41) is 2.89. The molecule has 0 aliphatic carbocycles. The molecule has 0 unspecified atom stereocenters. The second kappa shape index (κ2) is 7.29. The molecule has 0 bridgehead atoms. The largest absolute Gasteiger partial charge is 0.238 e. The maximum Gasteiger partial charge on any atom is 0.212 e. The summed E-state index contributed by atoms with van der Waals surface area (Å²) in [6.07, 6.45) is 2.16. The molecule has 2 heterocycles. The monoisotopic (exact) mass is 431 g/mol. The smallest absolute Gasteiger partial charge is 0.212 e. The Balaban J connectivity index is 1.89. The second-order valence-electron chi connectivity index (χ2n) is 9.37. The lowest BCUT2D eigenvalue weighted by atomic mass is 9.94. The standard InChI is InChI=1S/C29H27N2Si/c1-19-16-17-31(4)25(18-19)26-20(2)12-13-22-23-14-15-24(30-3)27(21-10-8-7-9-11-21)29(23)32(5,6)28(22)26/h7-18H,1-2,4-6H3/q+1. The molecule has 0 saturated carbocycles. The summed E-state index contributed by atoms with van der Waals surface area (Å²) in [4.78, 5) is 3.94. The minimum atomic E-state index is -2.11. The van der Waals surface area contributed by atoms with Gasteiger partial charge in [0.25, 0.3) is 0 Å². The zero-order chi connectivity index (χ0) is 22.6. The Labute approximate surface area is 191 Å². The molecule has 0 radical (unpaired) electrons. The summed E-state index contributed by atoms with van der Waals surface area (Å²) in [5.74, 6) is 0. The van der Waals surface area contributed by atoms with Gasteiger partial charge in [-0.2, -0.15) is 0 Å². The average Bonchev–Trinajstić information content (AvgIpc) is 3.02. The highest BCUT2D eigenvalue weighted by atomic mass is 28.3. The third kappa shape index (κ3) is 2.87. The van der Waals surface area contributed by atoms with E-state index in [0.717, 1.165) is 16.8 Å². The number of nitrogens with zero attached hydrogens (tertiary/aromatic N) is 2. The summed E-state index contributed by atoms with van der Waals surface area (Å²) in [6, 6.07) is 23.7. The van der Waals surface area contributed by atoms with Gasteiger partial charge in [0.1, 0.15) is 15.1 Å². The Morgan fingerprint density at radius 2 is 1.47 bits per heavy atom. The van der Waals surface area contributed by atoms with E-state index in [4.69, 9.17) is 6.57 Å². The van der Waals surface area contributed by atoms with Crippen LogP contribution in [-0.2, 0) is 7.05 Å². The first kappa shape index (κ1) is 20.4. The number of aromatic nitrogens is 1. The lowest BCUT2D eigenvalue weighted by Crippen LogP contribution is -2.51. The SMILES string of the molecule is [C-]#[N+]c1ccc2c(c1-c1ccccc1)[Si](C)(C)c1c-2ccc(C)c1-c1cc(C)cc[n+]1C. The van der Waals surface area contributed by atoms with E-state index < -0.39 is 8.07 Å². The van der Waals surface area contributed by atoms with Gasteiger partial charge in [-0.15, -0.1) is 0 Å². The maximum atomic E-state index is 7.89. The average molecular weight is 432 g/mol. The van der Waals surface area contributed by atoms with Crippen LogP contribution in [-0.4, -0.2) is 8.07 Å². The topological polar surface area (TPSA) is 8.24 Å². The Morgan fingerprint density at radius 3 is 2.16 bits per heavy atom. The van der Waals surface area contributed by atoms with Crippen LogP contribution in [0.15, 0.2) is 72.9 Å². The van der Waals surface area contributed by atoms with Crippen LogP contribution < -0.4 is 14.9 Å². The fourth-order valence-electron chi connectivity index (χ4n) is 5.41. The normalized spacial score (nSPS) is 13.4. The van der Waals surface area contributed by atoms with Crippen LogP contribution >= 0.6 is 0 Å². The number of hydrogen-bond acceptors (Lipinski definition) is 0. The van der Waals surface area contributed by atoms with Crippen molar-refractivity contribution in [3.8, 4) is 33.5 Å². The first-order chi connectivity index (χ1) is 15.3. The van der Waals surface area contributed by atoms with Gasteiger partial charge >= 0.3 is 0 Å². The lowest BCUT2D eigenvalue weighted by Gasteiger charge is -2.25. The van der Waals surface area contributed by atoms with Gasteiger partial charge in [-0.25, -0.2) is 9.41 Å². The minimum Gasteiger partial charge on any atom is -0.238 e. The Morgan fingerprint density at radius 1 is 0.812 bits per heavy atom. The molecule has 5 rings (SSSR count). The van der Waals surface area contributed by atoms with Crippen molar-refractivity contribution >= 4 is 24.1 Å². The van der Waals surface area contributed by atoms with Gasteiger partial charge in [0.2, 0.25) is 5.69 Å². The van der Waals surface area contributed by atoms with Gasteiger partial charge in [0.15, 0.2) is 11.9 Å². The van der Waals surface area contributed by atoms with Gasteiger partial charge in [0.05, 0.1) is 6.57 Å². The zero-order valence-electron chi connectivity index (χ0n) is 19.3. The number of hydrogen-bond donors (Lipinski definition) is 0. The number of pyridine rings is 1. The summed E-state index contributed by atoms with van der Waals surface area (Å²) in [5.41, 5.74) is 10.9. The third-order valence-electron chi connectivity index (χ3n) is 6.88. The van der Waals surface area contributed by atoms with E-state index in [0.29, 0.717) is 0 Å². The highest BCUT2D eigenvalue weighted by Crippen LogP contribution is 2.41. The van der Waals surface area contributed by atoms with Crippen molar-refractivity contribution in [3.63, 3.8) is 0 Å². The molecular formula is C29H27N2Si+. The quantitative estimate of drug-likeness (QED) is 0.215. The Bertz CT molecular complexity index is 1430. The molecule has 3 aromatic carbocycles. The molecule has 0 fully saturated rings. The second-order valence-corrected chi connectivity index (χ2v) is 13.6. The van der Waals surface area contributed by atoms with Crippen molar-refractivity contribution in [2.24, 2.45) is 7.05 Å². The number of aryl methyl sites for hydroxylation is 3. The molecule has 32 heavy (non-hydrogen) atoms. The van der Waals surface area contributed by atoms with E-state index in [1.165, 1.54) is 43.9 Å². The van der Waals surface area contributed by atoms with Crippen LogP contribution in [0.2, 0.25) is 13.1 Å². The Kier molecular flexibility index (Phi) is 4.65. The Hall–Kier alpha value is -3.48. The van der Waals surface area contributed by atoms with Crippen molar-refractivity contribution in [3.05, 3.63) is 95.5 Å². The van der Waals surface area contributed by atoms with Crippen LogP contribution in [0.4, 0.5) is 5.69 Å². The lowest BCUT2D eigenvalue weighted by molar-refractivity contribution is -0.660. The van der Waals surface area contributed by atoms with E-state index in [9.17, 15) is 0 Å². The van der Waals surface area contributed by atoms with Gasteiger partial charge < -0.3 is 0 Å². The molecule has 3 heteroatoms.